The molecule has 0 aromatic carbocycles. The number of likely N-dealkylation sites (N-methyl/N-ethyl adjacent to an activating group) is 1. The zero-order valence-corrected chi connectivity index (χ0v) is 11.9. The Hall–Kier alpha value is -0.650. The Bertz CT molecular complexity index is 248. The molecule has 5 heteroatoms. The summed E-state index contributed by atoms with van der Waals surface area (Å²) in [6.45, 7) is 11.0. The van der Waals surface area contributed by atoms with Crippen LogP contribution < -0.4 is 10.6 Å². The lowest BCUT2D eigenvalue weighted by Crippen LogP contribution is -2.48. The van der Waals surface area contributed by atoms with Crippen LogP contribution in [-0.4, -0.2) is 62.3 Å². The number of carbonyl (C=O) groups excluding carboxylic acids is 1. The van der Waals surface area contributed by atoms with Gasteiger partial charge in [-0.1, -0.05) is 13.8 Å². The van der Waals surface area contributed by atoms with Crippen molar-refractivity contribution in [3.05, 3.63) is 0 Å². The molecule has 1 heterocycles. The molecule has 0 radical (unpaired) electrons. The Morgan fingerprint density at radius 2 is 2.28 bits per heavy atom. The minimum Gasteiger partial charge on any atom is -0.374 e. The number of carbonyl (C=O) groups is 1. The topological polar surface area (TPSA) is 53.6 Å². The van der Waals surface area contributed by atoms with E-state index >= 15 is 0 Å². The van der Waals surface area contributed by atoms with Gasteiger partial charge in [-0.15, -0.1) is 0 Å². The van der Waals surface area contributed by atoms with Gasteiger partial charge in [0.15, 0.2) is 0 Å². The third kappa shape index (κ3) is 5.80. The molecule has 1 amide bonds. The number of amides is 1. The van der Waals surface area contributed by atoms with Gasteiger partial charge in [0.1, 0.15) is 0 Å². The first kappa shape index (κ1) is 15.4. The Morgan fingerprint density at radius 3 is 2.94 bits per heavy atom. The van der Waals surface area contributed by atoms with E-state index in [2.05, 4.69) is 36.3 Å². The van der Waals surface area contributed by atoms with Crippen LogP contribution in [0.25, 0.3) is 0 Å². The normalized spacial score (nSPS) is 22.7. The van der Waals surface area contributed by atoms with Crippen molar-refractivity contribution >= 4 is 5.91 Å². The maximum atomic E-state index is 11.6. The molecule has 1 aliphatic heterocycles. The number of hydrogen-bond acceptors (Lipinski definition) is 4. The number of hydrogen-bond donors (Lipinski definition) is 2. The van der Waals surface area contributed by atoms with Crippen molar-refractivity contribution in [3.63, 3.8) is 0 Å². The van der Waals surface area contributed by atoms with Gasteiger partial charge in [-0.3, -0.25) is 9.69 Å². The highest BCUT2D eigenvalue weighted by molar-refractivity contribution is 5.78. The first-order chi connectivity index (χ1) is 8.65. The monoisotopic (exact) mass is 257 g/mol. The van der Waals surface area contributed by atoms with Gasteiger partial charge in [0, 0.05) is 25.7 Å². The fourth-order valence-electron chi connectivity index (χ4n) is 1.89. The molecule has 0 bridgehead atoms. The van der Waals surface area contributed by atoms with Crippen LogP contribution in [0.1, 0.15) is 27.2 Å². The van der Waals surface area contributed by atoms with Crippen LogP contribution in [0.5, 0.6) is 0 Å². The Kier molecular flexibility index (Phi) is 7.23. The van der Waals surface area contributed by atoms with Crippen LogP contribution in [0, 0.1) is 0 Å². The summed E-state index contributed by atoms with van der Waals surface area (Å²) in [4.78, 5) is 14.0. The quantitative estimate of drug-likeness (QED) is 0.685. The molecule has 1 rings (SSSR count). The minimum atomic E-state index is 0.0486. The minimum absolute atomic E-state index is 0.0486. The second-order valence-electron chi connectivity index (χ2n) is 4.88. The first-order valence-corrected chi connectivity index (χ1v) is 6.99. The molecule has 1 aliphatic rings. The molecule has 0 aromatic rings. The van der Waals surface area contributed by atoms with Crippen molar-refractivity contribution < 1.29 is 9.53 Å². The molecule has 0 aliphatic carbocycles. The van der Waals surface area contributed by atoms with Gasteiger partial charge < -0.3 is 15.4 Å². The number of rotatable bonds is 7. The van der Waals surface area contributed by atoms with Crippen LogP contribution in [0.15, 0.2) is 0 Å². The molecule has 106 valence electrons. The van der Waals surface area contributed by atoms with E-state index in [0.29, 0.717) is 19.1 Å². The van der Waals surface area contributed by atoms with Crippen molar-refractivity contribution in [1.29, 1.82) is 0 Å². The summed E-state index contributed by atoms with van der Waals surface area (Å²) in [5, 5.41) is 6.10. The molecule has 2 N–H and O–H groups in total. The summed E-state index contributed by atoms with van der Waals surface area (Å²) >= 11 is 0. The van der Waals surface area contributed by atoms with E-state index in [1.165, 1.54) is 0 Å². The van der Waals surface area contributed by atoms with Gasteiger partial charge in [-0.05, 0) is 19.9 Å². The molecular weight excluding hydrogens is 230 g/mol. The molecule has 0 saturated carbocycles. The standard InChI is InChI=1S/C13H27N3O2/c1-4-11(3)14-9-13(17)15-8-12-10-16(5-2)6-7-18-12/h11-12,14H,4-10H2,1-3H3,(H,15,17). The fourth-order valence-corrected chi connectivity index (χ4v) is 1.89. The fraction of sp³-hybridized carbons (Fsp3) is 0.923. The SMILES string of the molecule is CCC(C)NCC(=O)NCC1CN(CC)CCO1. The van der Waals surface area contributed by atoms with Gasteiger partial charge in [0.25, 0.3) is 0 Å². The highest BCUT2D eigenvalue weighted by atomic mass is 16.5. The molecule has 2 atom stereocenters. The van der Waals surface area contributed by atoms with Crippen LogP contribution >= 0.6 is 0 Å². The smallest absolute Gasteiger partial charge is 0.234 e. The van der Waals surface area contributed by atoms with Gasteiger partial charge in [0.05, 0.1) is 19.3 Å². The Labute approximate surface area is 110 Å². The third-order valence-electron chi connectivity index (χ3n) is 3.42. The van der Waals surface area contributed by atoms with Crippen LogP contribution in [0.3, 0.4) is 0 Å². The molecular formula is C13H27N3O2. The van der Waals surface area contributed by atoms with Crippen LogP contribution in [0.4, 0.5) is 0 Å². The lowest BCUT2D eigenvalue weighted by molar-refractivity contribution is -0.121. The van der Waals surface area contributed by atoms with E-state index in [-0.39, 0.29) is 12.0 Å². The summed E-state index contributed by atoms with van der Waals surface area (Å²) in [6.07, 6.45) is 1.16. The first-order valence-electron chi connectivity index (χ1n) is 6.99. The van der Waals surface area contributed by atoms with Gasteiger partial charge in [0.2, 0.25) is 5.91 Å². The largest absolute Gasteiger partial charge is 0.374 e. The van der Waals surface area contributed by atoms with E-state index in [1.54, 1.807) is 0 Å². The zero-order chi connectivity index (χ0) is 13.4. The summed E-state index contributed by atoms with van der Waals surface area (Å²) in [7, 11) is 0. The van der Waals surface area contributed by atoms with E-state index in [0.717, 1.165) is 32.7 Å². The predicted molar refractivity (Wildman–Crippen MR) is 72.6 cm³/mol. The summed E-state index contributed by atoms with van der Waals surface area (Å²) in [5.41, 5.74) is 0. The average molecular weight is 257 g/mol. The number of morpholine rings is 1. The second-order valence-corrected chi connectivity index (χ2v) is 4.88. The lowest BCUT2D eigenvalue weighted by Gasteiger charge is -2.32. The second kappa shape index (κ2) is 8.45. The molecule has 0 aromatic heterocycles. The van der Waals surface area contributed by atoms with Gasteiger partial charge in [-0.25, -0.2) is 0 Å². The molecule has 2 unspecified atom stereocenters. The number of nitrogens with one attached hydrogen (secondary N) is 2. The maximum absolute atomic E-state index is 11.6. The van der Waals surface area contributed by atoms with Crippen molar-refractivity contribution in [3.8, 4) is 0 Å². The average Bonchev–Trinajstić information content (AvgIpc) is 2.42. The Morgan fingerprint density at radius 1 is 1.50 bits per heavy atom. The summed E-state index contributed by atoms with van der Waals surface area (Å²) in [6, 6.07) is 0.386. The summed E-state index contributed by atoms with van der Waals surface area (Å²) < 4.78 is 5.63. The molecule has 1 saturated heterocycles. The van der Waals surface area contributed by atoms with E-state index in [9.17, 15) is 4.79 Å². The highest BCUT2D eigenvalue weighted by Crippen LogP contribution is 2.03. The van der Waals surface area contributed by atoms with Crippen molar-refractivity contribution in [2.24, 2.45) is 0 Å². The number of ether oxygens (including phenoxy) is 1. The maximum Gasteiger partial charge on any atom is 0.234 e. The van der Waals surface area contributed by atoms with Crippen molar-refractivity contribution in [2.45, 2.75) is 39.3 Å². The van der Waals surface area contributed by atoms with Crippen LogP contribution in [-0.2, 0) is 9.53 Å². The summed E-state index contributed by atoms with van der Waals surface area (Å²) in [5.74, 6) is 0.0486. The third-order valence-corrected chi connectivity index (χ3v) is 3.42. The number of nitrogens with zero attached hydrogens (tertiary/aromatic N) is 1. The van der Waals surface area contributed by atoms with Gasteiger partial charge >= 0.3 is 0 Å². The molecule has 1 fully saturated rings. The van der Waals surface area contributed by atoms with Crippen LogP contribution in [0.2, 0.25) is 0 Å². The molecule has 18 heavy (non-hydrogen) atoms. The molecule has 0 spiro atoms. The Balaban J connectivity index is 2.13. The van der Waals surface area contributed by atoms with E-state index < -0.39 is 0 Å². The van der Waals surface area contributed by atoms with Gasteiger partial charge in [-0.2, -0.15) is 0 Å². The van der Waals surface area contributed by atoms with E-state index in [4.69, 9.17) is 4.74 Å². The highest BCUT2D eigenvalue weighted by Gasteiger charge is 2.19. The van der Waals surface area contributed by atoms with Crippen molar-refractivity contribution in [1.82, 2.24) is 15.5 Å². The molecule has 5 nitrogen and oxygen atoms in total. The predicted octanol–water partition coefficient (Wildman–Crippen LogP) is 0.211. The lowest BCUT2D eigenvalue weighted by atomic mass is 10.2. The van der Waals surface area contributed by atoms with E-state index in [1.807, 2.05) is 0 Å². The zero-order valence-electron chi connectivity index (χ0n) is 11.9. The van der Waals surface area contributed by atoms with Crippen molar-refractivity contribution in [2.75, 3.05) is 39.3 Å².